The van der Waals surface area contributed by atoms with Crippen molar-refractivity contribution >= 4 is 17.3 Å². The summed E-state index contributed by atoms with van der Waals surface area (Å²) in [5, 5.41) is 3.32. The zero-order valence-corrected chi connectivity index (χ0v) is 10.5. The number of carbonyl (C=O) groups excluding carboxylic acids is 1. The topological polar surface area (TPSA) is 90.4 Å². The quantitative estimate of drug-likeness (QED) is 0.699. The Labute approximate surface area is 106 Å². The third kappa shape index (κ3) is 2.73. The standard InChI is InChI=1S/C13H19N3O2/c1-8(9-4-5-18-7-9)16-12-3-2-10(14)6-11(12)13(15)17/h2-3,6,8-9,16H,4-5,7,14H2,1H3,(H2,15,17). The summed E-state index contributed by atoms with van der Waals surface area (Å²) in [5.41, 5.74) is 12.7. The number of amides is 1. The third-order valence-electron chi connectivity index (χ3n) is 3.36. The summed E-state index contributed by atoms with van der Waals surface area (Å²) in [4.78, 5) is 11.4. The van der Waals surface area contributed by atoms with Crippen LogP contribution in [0.15, 0.2) is 18.2 Å². The van der Waals surface area contributed by atoms with Crippen molar-refractivity contribution in [3.8, 4) is 0 Å². The molecular formula is C13H19N3O2. The number of primary amides is 1. The lowest BCUT2D eigenvalue weighted by atomic mass is 10.00. The molecule has 18 heavy (non-hydrogen) atoms. The van der Waals surface area contributed by atoms with E-state index in [1.807, 2.05) is 0 Å². The van der Waals surface area contributed by atoms with Crippen LogP contribution in [0.2, 0.25) is 0 Å². The number of carbonyl (C=O) groups is 1. The van der Waals surface area contributed by atoms with Crippen molar-refractivity contribution in [2.75, 3.05) is 24.3 Å². The Balaban J connectivity index is 2.15. The predicted molar refractivity (Wildman–Crippen MR) is 71.4 cm³/mol. The Hall–Kier alpha value is -1.75. The van der Waals surface area contributed by atoms with Gasteiger partial charge in [-0.3, -0.25) is 4.79 Å². The SMILES string of the molecule is CC(Nc1ccc(N)cc1C(N)=O)C1CCOC1. The number of rotatable bonds is 4. The second kappa shape index (κ2) is 5.27. The molecule has 1 aliphatic rings. The van der Waals surface area contributed by atoms with Gasteiger partial charge in [-0.2, -0.15) is 0 Å². The Kier molecular flexibility index (Phi) is 3.72. The number of nitrogen functional groups attached to an aromatic ring is 1. The Morgan fingerprint density at radius 2 is 2.33 bits per heavy atom. The lowest BCUT2D eigenvalue weighted by molar-refractivity contribution is 0.100. The number of ether oxygens (including phenoxy) is 1. The summed E-state index contributed by atoms with van der Waals surface area (Å²) in [6.45, 7) is 3.65. The number of anilines is 2. The fourth-order valence-electron chi connectivity index (χ4n) is 2.20. The van der Waals surface area contributed by atoms with Crippen LogP contribution in [0.1, 0.15) is 23.7 Å². The molecule has 2 unspecified atom stereocenters. The first-order valence-corrected chi connectivity index (χ1v) is 6.11. The molecule has 0 aromatic heterocycles. The maximum absolute atomic E-state index is 11.4. The molecule has 1 aromatic carbocycles. The summed E-state index contributed by atoms with van der Waals surface area (Å²) < 4.78 is 5.36. The monoisotopic (exact) mass is 249 g/mol. The number of hydrogen-bond acceptors (Lipinski definition) is 4. The fourth-order valence-corrected chi connectivity index (χ4v) is 2.20. The smallest absolute Gasteiger partial charge is 0.250 e. The van der Waals surface area contributed by atoms with Gasteiger partial charge >= 0.3 is 0 Å². The first-order valence-electron chi connectivity index (χ1n) is 6.11. The van der Waals surface area contributed by atoms with Gasteiger partial charge in [0.2, 0.25) is 0 Å². The molecule has 1 aromatic rings. The van der Waals surface area contributed by atoms with Gasteiger partial charge < -0.3 is 21.5 Å². The Bertz CT molecular complexity index is 442. The van der Waals surface area contributed by atoms with E-state index >= 15 is 0 Å². The Morgan fingerprint density at radius 1 is 1.56 bits per heavy atom. The molecule has 0 radical (unpaired) electrons. The van der Waals surface area contributed by atoms with Gasteiger partial charge in [0.1, 0.15) is 0 Å². The highest BCUT2D eigenvalue weighted by Gasteiger charge is 2.23. The van der Waals surface area contributed by atoms with Crippen LogP contribution in [0.4, 0.5) is 11.4 Å². The second-order valence-electron chi connectivity index (χ2n) is 4.73. The summed E-state index contributed by atoms with van der Waals surface area (Å²) in [6.07, 6.45) is 1.04. The van der Waals surface area contributed by atoms with Crippen molar-refractivity contribution in [1.82, 2.24) is 0 Å². The van der Waals surface area contributed by atoms with Crippen LogP contribution < -0.4 is 16.8 Å². The molecule has 1 heterocycles. The van der Waals surface area contributed by atoms with Crippen LogP contribution in [0.25, 0.3) is 0 Å². The first-order chi connectivity index (χ1) is 8.58. The van der Waals surface area contributed by atoms with Crippen molar-refractivity contribution in [1.29, 1.82) is 0 Å². The molecule has 1 fully saturated rings. The van der Waals surface area contributed by atoms with Crippen molar-refractivity contribution in [3.05, 3.63) is 23.8 Å². The van der Waals surface area contributed by atoms with Crippen LogP contribution >= 0.6 is 0 Å². The second-order valence-corrected chi connectivity index (χ2v) is 4.73. The molecule has 5 N–H and O–H groups in total. The van der Waals surface area contributed by atoms with Crippen LogP contribution in [0.5, 0.6) is 0 Å². The van der Waals surface area contributed by atoms with Gasteiger partial charge in [-0.05, 0) is 31.5 Å². The van der Waals surface area contributed by atoms with Crippen molar-refractivity contribution in [3.63, 3.8) is 0 Å². The molecule has 0 bridgehead atoms. The highest BCUT2D eigenvalue weighted by Crippen LogP contribution is 2.24. The average molecular weight is 249 g/mol. The molecule has 1 amide bonds. The Morgan fingerprint density at radius 3 is 2.94 bits per heavy atom. The summed E-state index contributed by atoms with van der Waals surface area (Å²) in [7, 11) is 0. The van der Waals surface area contributed by atoms with E-state index in [0.717, 1.165) is 25.3 Å². The molecule has 2 rings (SSSR count). The minimum Gasteiger partial charge on any atom is -0.399 e. The zero-order valence-electron chi connectivity index (χ0n) is 10.5. The van der Waals surface area contributed by atoms with Crippen LogP contribution in [-0.2, 0) is 4.74 Å². The zero-order chi connectivity index (χ0) is 13.1. The normalized spacial score (nSPS) is 20.6. The first kappa shape index (κ1) is 12.7. The van der Waals surface area contributed by atoms with E-state index in [0.29, 0.717) is 17.2 Å². The van der Waals surface area contributed by atoms with E-state index in [2.05, 4.69) is 12.2 Å². The van der Waals surface area contributed by atoms with E-state index in [1.54, 1.807) is 18.2 Å². The van der Waals surface area contributed by atoms with Gasteiger partial charge in [-0.1, -0.05) is 0 Å². The lowest BCUT2D eigenvalue weighted by Gasteiger charge is -2.22. The molecule has 1 aliphatic heterocycles. The maximum Gasteiger partial charge on any atom is 0.250 e. The van der Waals surface area contributed by atoms with E-state index in [4.69, 9.17) is 16.2 Å². The minimum absolute atomic E-state index is 0.231. The minimum atomic E-state index is -0.473. The van der Waals surface area contributed by atoms with Crippen molar-refractivity contribution < 1.29 is 9.53 Å². The number of benzene rings is 1. The van der Waals surface area contributed by atoms with E-state index in [-0.39, 0.29) is 6.04 Å². The highest BCUT2D eigenvalue weighted by molar-refractivity contribution is 5.99. The van der Waals surface area contributed by atoms with Crippen molar-refractivity contribution in [2.45, 2.75) is 19.4 Å². The summed E-state index contributed by atoms with van der Waals surface area (Å²) in [6, 6.07) is 5.38. The molecule has 0 saturated carbocycles. The molecule has 2 atom stereocenters. The summed E-state index contributed by atoms with van der Waals surface area (Å²) >= 11 is 0. The molecule has 1 saturated heterocycles. The van der Waals surface area contributed by atoms with E-state index in [1.165, 1.54) is 0 Å². The van der Waals surface area contributed by atoms with Gasteiger partial charge in [0.25, 0.3) is 5.91 Å². The molecule has 5 heteroatoms. The maximum atomic E-state index is 11.4. The largest absolute Gasteiger partial charge is 0.399 e. The number of nitrogens with two attached hydrogens (primary N) is 2. The molecular weight excluding hydrogens is 230 g/mol. The van der Waals surface area contributed by atoms with Crippen LogP contribution in [0, 0.1) is 5.92 Å². The van der Waals surface area contributed by atoms with Gasteiger partial charge in [0, 0.05) is 29.9 Å². The van der Waals surface area contributed by atoms with Crippen LogP contribution in [-0.4, -0.2) is 25.2 Å². The molecule has 0 aliphatic carbocycles. The van der Waals surface area contributed by atoms with Crippen molar-refractivity contribution in [2.24, 2.45) is 11.7 Å². The van der Waals surface area contributed by atoms with E-state index in [9.17, 15) is 4.79 Å². The van der Waals surface area contributed by atoms with E-state index < -0.39 is 5.91 Å². The van der Waals surface area contributed by atoms with Gasteiger partial charge in [0.05, 0.1) is 12.2 Å². The number of hydrogen-bond donors (Lipinski definition) is 3. The third-order valence-corrected chi connectivity index (χ3v) is 3.36. The molecule has 98 valence electrons. The predicted octanol–water partition coefficient (Wildman–Crippen LogP) is 1.20. The average Bonchev–Trinajstić information content (AvgIpc) is 2.84. The number of nitrogens with one attached hydrogen (secondary N) is 1. The molecule has 5 nitrogen and oxygen atoms in total. The summed E-state index contributed by atoms with van der Waals surface area (Å²) in [5.74, 6) is -0.0112. The van der Waals surface area contributed by atoms with Crippen LogP contribution in [0.3, 0.4) is 0 Å². The highest BCUT2D eigenvalue weighted by atomic mass is 16.5. The lowest BCUT2D eigenvalue weighted by Crippen LogP contribution is -2.27. The fraction of sp³-hybridized carbons (Fsp3) is 0.462. The molecule has 0 spiro atoms. The van der Waals surface area contributed by atoms with Gasteiger partial charge in [-0.15, -0.1) is 0 Å². The van der Waals surface area contributed by atoms with Gasteiger partial charge in [-0.25, -0.2) is 0 Å². The van der Waals surface area contributed by atoms with Gasteiger partial charge in [0.15, 0.2) is 0 Å².